The molecule has 1 N–H and O–H groups in total. The Balaban J connectivity index is 2.30. The van der Waals surface area contributed by atoms with E-state index in [2.05, 4.69) is 15.9 Å². The summed E-state index contributed by atoms with van der Waals surface area (Å²) in [5.41, 5.74) is 0.731. The molecule has 1 aromatic rings. The van der Waals surface area contributed by atoms with Crippen LogP contribution in [0.1, 0.15) is 6.42 Å². The zero-order valence-corrected chi connectivity index (χ0v) is 10.9. The molecule has 92 valence electrons. The number of halogens is 1. The van der Waals surface area contributed by atoms with Crippen molar-refractivity contribution in [2.75, 3.05) is 23.4 Å². The molecule has 2 rings (SSSR count). The van der Waals surface area contributed by atoms with Gasteiger partial charge in [0.25, 0.3) is 0 Å². The Labute approximate surface area is 108 Å². The Morgan fingerprint density at radius 3 is 3.00 bits per heavy atom. The molecule has 1 amide bonds. The molecule has 1 aromatic carbocycles. The van der Waals surface area contributed by atoms with Crippen LogP contribution >= 0.6 is 15.9 Å². The van der Waals surface area contributed by atoms with Crippen molar-refractivity contribution in [3.63, 3.8) is 0 Å². The van der Waals surface area contributed by atoms with Gasteiger partial charge in [0.2, 0.25) is 5.91 Å². The second-order valence-corrected chi connectivity index (χ2v) is 4.53. The highest BCUT2D eigenvalue weighted by Gasteiger charge is 2.24. The summed E-state index contributed by atoms with van der Waals surface area (Å²) in [6, 6.07) is 7.39. The van der Waals surface area contributed by atoms with E-state index in [1.165, 1.54) is 0 Å². The van der Waals surface area contributed by atoms with Crippen LogP contribution in [0, 0.1) is 0 Å². The summed E-state index contributed by atoms with van der Waals surface area (Å²) in [4.78, 5) is 13.5. The van der Waals surface area contributed by atoms with Gasteiger partial charge in [-0.05, 0) is 12.1 Å². The third-order valence-electron chi connectivity index (χ3n) is 2.60. The zero-order valence-electron chi connectivity index (χ0n) is 9.30. The number of hydrogen-bond acceptors (Lipinski definition) is 3. The van der Waals surface area contributed by atoms with Gasteiger partial charge < -0.3 is 14.7 Å². The van der Waals surface area contributed by atoms with Crippen molar-refractivity contribution >= 4 is 27.5 Å². The van der Waals surface area contributed by atoms with Crippen molar-refractivity contribution in [3.05, 3.63) is 24.3 Å². The van der Waals surface area contributed by atoms with E-state index >= 15 is 0 Å². The lowest BCUT2D eigenvalue weighted by Gasteiger charge is -2.23. The maximum absolute atomic E-state index is 11.9. The first-order valence-electron chi connectivity index (χ1n) is 5.48. The van der Waals surface area contributed by atoms with Crippen LogP contribution in [0.15, 0.2) is 24.3 Å². The average molecular weight is 300 g/mol. The molecule has 0 spiro atoms. The number of aliphatic hydroxyl groups excluding tert-OH is 1. The molecule has 1 atom stereocenters. The molecule has 1 aliphatic heterocycles. The first-order valence-corrected chi connectivity index (χ1v) is 6.60. The summed E-state index contributed by atoms with van der Waals surface area (Å²) in [7, 11) is 0. The number of amides is 1. The third kappa shape index (κ3) is 2.79. The van der Waals surface area contributed by atoms with Crippen molar-refractivity contribution in [1.82, 2.24) is 0 Å². The number of anilines is 1. The molecule has 5 heteroatoms. The summed E-state index contributed by atoms with van der Waals surface area (Å²) < 4.78 is 5.51. The molecule has 0 fully saturated rings. The summed E-state index contributed by atoms with van der Waals surface area (Å²) in [5.74, 6) is 0.676. The highest BCUT2D eigenvalue weighted by atomic mass is 79.9. The molecule has 1 unspecified atom stereocenters. The van der Waals surface area contributed by atoms with Crippen molar-refractivity contribution in [3.8, 4) is 5.75 Å². The molecule has 0 saturated carbocycles. The lowest BCUT2D eigenvalue weighted by Crippen LogP contribution is -2.37. The Morgan fingerprint density at radius 1 is 1.47 bits per heavy atom. The van der Waals surface area contributed by atoms with Crippen molar-refractivity contribution < 1.29 is 14.6 Å². The smallest absolute Gasteiger partial charge is 0.230 e. The van der Waals surface area contributed by atoms with E-state index in [0.717, 1.165) is 5.69 Å². The first kappa shape index (κ1) is 12.4. The van der Waals surface area contributed by atoms with Crippen LogP contribution < -0.4 is 9.64 Å². The maximum Gasteiger partial charge on any atom is 0.230 e. The van der Waals surface area contributed by atoms with E-state index in [9.17, 15) is 9.90 Å². The Kier molecular flexibility index (Phi) is 4.02. The van der Waals surface area contributed by atoms with Gasteiger partial charge in [0, 0.05) is 5.33 Å². The maximum atomic E-state index is 11.9. The Hall–Kier alpha value is -1.07. The second kappa shape index (κ2) is 5.51. The van der Waals surface area contributed by atoms with Crippen molar-refractivity contribution in [1.29, 1.82) is 0 Å². The lowest BCUT2D eigenvalue weighted by molar-refractivity contribution is -0.119. The van der Waals surface area contributed by atoms with Crippen LogP contribution in [0.4, 0.5) is 5.69 Å². The summed E-state index contributed by atoms with van der Waals surface area (Å²) in [5, 5.41) is 10.1. The van der Waals surface area contributed by atoms with Gasteiger partial charge in [0.15, 0.2) is 0 Å². The zero-order chi connectivity index (χ0) is 12.3. The normalized spacial score (nSPS) is 17.1. The van der Waals surface area contributed by atoms with E-state index in [4.69, 9.17) is 4.74 Å². The van der Waals surface area contributed by atoms with Gasteiger partial charge in [0.1, 0.15) is 5.75 Å². The third-order valence-corrected chi connectivity index (χ3v) is 3.35. The summed E-state index contributed by atoms with van der Waals surface area (Å²) in [6.45, 7) is 0.668. The van der Waals surface area contributed by atoms with Gasteiger partial charge in [0.05, 0.1) is 31.4 Å². The van der Waals surface area contributed by atoms with E-state index < -0.39 is 6.10 Å². The molecule has 0 aliphatic carbocycles. The standard InChI is InChI=1S/C12H14BrNO3/c13-7-9(15)8-14-10-3-1-2-4-11(10)17-6-5-12(14)16/h1-4,9,15H,5-8H2. The molecule has 0 bridgehead atoms. The number of nitrogens with zero attached hydrogens (tertiary/aromatic N) is 1. The molecular formula is C12H14BrNO3. The predicted octanol–water partition coefficient (Wildman–Crippen LogP) is 1.56. The van der Waals surface area contributed by atoms with Crippen LogP contribution in [0.2, 0.25) is 0 Å². The van der Waals surface area contributed by atoms with Crippen LogP contribution in [-0.4, -0.2) is 35.6 Å². The van der Waals surface area contributed by atoms with E-state index in [-0.39, 0.29) is 12.5 Å². The number of alkyl halides is 1. The van der Waals surface area contributed by atoms with Gasteiger partial charge in [-0.3, -0.25) is 4.79 Å². The number of β-amino-alcohol motifs (C(OH)–C–C–N with tert-alkyl or cyclic N) is 1. The number of hydrogen-bond donors (Lipinski definition) is 1. The number of carbonyl (C=O) groups excluding carboxylic acids is 1. The van der Waals surface area contributed by atoms with Gasteiger partial charge in [-0.1, -0.05) is 28.1 Å². The fourth-order valence-electron chi connectivity index (χ4n) is 1.78. The van der Waals surface area contributed by atoms with Gasteiger partial charge >= 0.3 is 0 Å². The largest absolute Gasteiger partial charge is 0.491 e. The minimum atomic E-state index is -0.579. The van der Waals surface area contributed by atoms with Crippen LogP contribution in [-0.2, 0) is 4.79 Å². The highest BCUT2D eigenvalue weighted by molar-refractivity contribution is 9.09. The SMILES string of the molecule is O=C1CCOc2ccccc2N1CC(O)CBr. The predicted molar refractivity (Wildman–Crippen MR) is 68.7 cm³/mol. The molecule has 17 heavy (non-hydrogen) atoms. The van der Waals surface area contributed by atoms with Gasteiger partial charge in [-0.15, -0.1) is 0 Å². The summed E-state index contributed by atoms with van der Waals surface area (Å²) >= 11 is 3.20. The van der Waals surface area contributed by atoms with Gasteiger partial charge in [-0.2, -0.15) is 0 Å². The number of fused-ring (bicyclic) bond motifs is 1. The highest BCUT2D eigenvalue weighted by Crippen LogP contribution is 2.31. The second-order valence-electron chi connectivity index (χ2n) is 3.88. The van der Waals surface area contributed by atoms with E-state index in [1.807, 2.05) is 24.3 Å². The van der Waals surface area contributed by atoms with Crippen LogP contribution in [0.5, 0.6) is 5.75 Å². The quantitative estimate of drug-likeness (QED) is 0.862. The Bertz CT molecular complexity index is 410. The van der Waals surface area contributed by atoms with E-state index in [0.29, 0.717) is 24.1 Å². The van der Waals surface area contributed by atoms with E-state index in [1.54, 1.807) is 4.90 Å². The van der Waals surface area contributed by atoms with Crippen molar-refractivity contribution in [2.45, 2.75) is 12.5 Å². The van der Waals surface area contributed by atoms with Crippen molar-refractivity contribution in [2.24, 2.45) is 0 Å². The number of ether oxygens (including phenoxy) is 1. The van der Waals surface area contributed by atoms with Crippen LogP contribution in [0.25, 0.3) is 0 Å². The molecule has 0 aromatic heterocycles. The molecule has 0 radical (unpaired) electrons. The fraction of sp³-hybridized carbons (Fsp3) is 0.417. The number of benzene rings is 1. The first-order chi connectivity index (χ1) is 8.22. The number of para-hydroxylation sites is 2. The molecule has 1 heterocycles. The minimum Gasteiger partial charge on any atom is -0.491 e. The molecule has 0 saturated heterocycles. The van der Waals surface area contributed by atoms with Gasteiger partial charge in [-0.25, -0.2) is 0 Å². The topological polar surface area (TPSA) is 49.8 Å². The lowest BCUT2D eigenvalue weighted by atomic mass is 10.2. The minimum absolute atomic E-state index is 0.0186. The molecular weight excluding hydrogens is 286 g/mol. The number of rotatable bonds is 3. The monoisotopic (exact) mass is 299 g/mol. The number of aliphatic hydroxyl groups is 1. The number of carbonyl (C=O) groups is 1. The Morgan fingerprint density at radius 2 is 2.24 bits per heavy atom. The average Bonchev–Trinajstić information content (AvgIpc) is 2.50. The van der Waals surface area contributed by atoms with Crippen LogP contribution in [0.3, 0.4) is 0 Å². The molecule has 4 nitrogen and oxygen atoms in total. The fourth-order valence-corrected chi connectivity index (χ4v) is 1.98. The molecule has 1 aliphatic rings. The summed E-state index contributed by atoms with van der Waals surface area (Å²) in [6.07, 6.45) is -0.242.